The number of rotatable bonds is 4. The van der Waals surface area contributed by atoms with Gasteiger partial charge >= 0.3 is 0 Å². The summed E-state index contributed by atoms with van der Waals surface area (Å²) in [6.07, 6.45) is 7.96. The summed E-state index contributed by atoms with van der Waals surface area (Å²) in [4.78, 5) is 12.8. The van der Waals surface area contributed by atoms with E-state index in [0.717, 1.165) is 30.4 Å². The Kier molecular flexibility index (Phi) is 3.41. The second-order valence-corrected chi connectivity index (χ2v) is 7.24. The van der Waals surface area contributed by atoms with Crippen LogP contribution in [0, 0.1) is 5.92 Å². The van der Waals surface area contributed by atoms with Crippen molar-refractivity contribution in [1.29, 1.82) is 0 Å². The average molecular weight is 304 g/mol. The summed E-state index contributed by atoms with van der Waals surface area (Å²) in [5, 5.41) is 0. The highest BCUT2D eigenvalue weighted by molar-refractivity contribution is 6.29. The third-order valence-corrected chi connectivity index (χ3v) is 5.52. The predicted octanol–water partition coefficient (Wildman–Crippen LogP) is 5.51. The fraction of sp³-hybridized carbons (Fsp3) is 0.409. The molecule has 118 valence electrons. The summed E-state index contributed by atoms with van der Waals surface area (Å²) >= 11 is 0. The van der Waals surface area contributed by atoms with E-state index in [-0.39, 0.29) is 0 Å². The molecule has 0 spiro atoms. The first-order valence-corrected chi connectivity index (χ1v) is 8.97. The number of Topliss-reactive ketones (excluding diaryl/α,β-unsaturated/α-hetero) is 1. The van der Waals surface area contributed by atoms with Crippen LogP contribution in [0.1, 0.15) is 63.1 Å². The fourth-order valence-electron chi connectivity index (χ4n) is 4.49. The van der Waals surface area contributed by atoms with Gasteiger partial charge in [-0.25, -0.2) is 0 Å². The van der Waals surface area contributed by atoms with Gasteiger partial charge in [0.1, 0.15) is 0 Å². The molecule has 1 aromatic carbocycles. The molecule has 0 radical (unpaired) electrons. The standard InChI is InChI=1S/C22H24O/c1-4-5-6-9-17-21-18-12-13(2)11-15-8-7-10-16(20(15)18)19(21)14(3)22(17)23/h7-8,10,12-13H,4-6,9,11H2,1-3H3. The topological polar surface area (TPSA) is 17.1 Å². The van der Waals surface area contributed by atoms with Crippen molar-refractivity contribution in [2.75, 3.05) is 0 Å². The van der Waals surface area contributed by atoms with Crippen LogP contribution in [0.25, 0.3) is 11.1 Å². The molecule has 0 bridgehead atoms. The van der Waals surface area contributed by atoms with Crippen molar-refractivity contribution in [2.24, 2.45) is 5.92 Å². The lowest BCUT2D eigenvalue weighted by molar-refractivity contribution is -0.112. The largest absolute Gasteiger partial charge is 0.289 e. The summed E-state index contributed by atoms with van der Waals surface area (Å²) < 4.78 is 0. The van der Waals surface area contributed by atoms with Gasteiger partial charge in [0.2, 0.25) is 0 Å². The van der Waals surface area contributed by atoms with Crippen molar-refractivity contribution in [3.05, 3.63) is 57.7 Å². The average Bonchev–Trinajstić information content (AvgIpc) is 2.98. The molecule has 4 rings (SSSR count). The maximum absolute atomic E-state index is 12.8. The molecule has 0 fully saturated rings. The molecular formula is C22H24O. The third-order valence-electron chi connectivity index (χ3n) is 5.52. The Balaban J connectivity index is 1.91. The van der Waals surface area contributed by atoms with Crippen LogP contribution in [0.2, 0.25) is 0 Å². The van der Waals surface area contributed by atoms with E-state index < -0.39 is 0 Å². The molecule has 1 nitrogen and oxygen atoms in total. The van der Waals surface area contributed by atoms with E-state index in [4.69, 9.17) is 0 Å². The molecule has 0 saturated heterocycles. The van der Waals surface area contributed by atoms with Crippen molar-refractivity contribution in [3.8, 4) is 0 Å². The molecule has 0 N–H and O–H groups in total. The lowest BCUT2D eigenvalue weighted by Crippen LogP contribution is -2.08. The first kappa shape index (κ1) is 14.7. The third kappa shape index (κ3) is 2.02. The zero-order valence-corrected chi connectivity index (χ0v) is 14.3. The number of allylic oxidation sites excluding steroid dienone is 6. The van der Waals surface area contributed by atoms with Gasteiger partial charge in [-0.3, -0.25) is 4.79 Å². The Hall–Kier alpha value is -1.89. The zero-order valence-electron chi connectivity index (χ0n) is 14.3. The second-order valence-electron chi connectivity index (χ2n) is 7.24. The van der Waals surface area contributed by atoms with Crippen molar-refractivity contribution >= 4 is 16.9 Å². The smallest absolute Gasteiger partial charge is 0.185 e. The van der Waals surface area contributed by atoms with Crippen molar-refractivity contribution in [1.82, 2.24) is 0 Å². The van der Waals surface area contributed by atoms with E-state index in [9.17, 15) is 4.79 Å². The van der Waals surface area contributed by atoms with Crippen LogP contribution in [0.5, 0.6) is 0 Å². The Morgan fingerprint density at radius 3 is 2.78 bits per heavy atom. The Labute approximate surface area is 138 Å². The number of benzene rings is 1. The molecule has 23 heavy (non-hydrogen) atoms. The van der Waals surface area contributed by atoms with Gasteiger partial charge in [0.15, 0.2) is 5.78 Å². The lowest BCUT2D eigenvalue weighted by atomic mass is 9.84. The van der Waals surface area contributed by atoms with Gasteiger partial charge in [-0.05, 0) is 65.5 Å². The Morgan fingerprint density at radius 1 is 1.17 bits per heavy atom. The number of carbonyl (C=O) groups is 1. The van der Waals surface area contributed by atoms with Gasteiger partial charge in [-0.1, -0.05) is 51.0 Å². The highest BCUT2D eigenvalue weighted by atomic mass is 16.1. The molecule has 1 aromatic rings. The quantitative estimate of drug-likeness (QED) is 0.670. The summed E-state index contributed by atoms with van der Waals surface area (Å²) in [6, 6.07) is 6.63. The number of ketones is 1. The molecule has 0 saturated carbocycles. The van der Waals surface area contributed by atoms with Crippen LogP contribution in [-0.4, -0.2) is 5.78 Å². The van der Waals surface area contributed by atoms with Crippen LogP contribution in [0.4, 0.5) is 0 Å². The minimum Gasteiger partial charge on any atom is -0.289 e. The Bertz CT molecular complexity index is 801. The molecule has 0 heterocycles. The molecule has 1 heteroatoms. The molecule has 1 unspecified atom stereocenters. The van der Waals surface area contributed by atoms with E-state index in [2.05, 4.69) is 38.1 Å². The lowest BCUT2D eigenvalue weighted by Gasteiger charge is -2.20. The first-order chi connectivity index (χ1) is 11.1. The normalized spacial score (nSPS) is 21.8. The van der Waals surface area contributed by atoms with Crippen LogP contribution in [0.3, 0.4) is 0 Å². The highest BCUT2D eigenvalue weighted by Crippen LogP contribution is 2.55. The SMILES string of the molecule is CCCCCC1=C2C3=CC(C)Cc4cccc(c43)C2=C(C)C1=O. The maximum Gasteiger partial charge on any atom is 0.185 e. The monoisotopic (exact) mass is 304 g/mol. The number of unbranched alkanes of at least 4 members (excludes halogenated alkanes) is 2. The first-order valence-electron chi connectivity index (χ1n) is 8.97. The number of fused-ring (bicyclic) bond motifs is 3. The minimum atomic E-state index is 0.293. The molecule has 3 aliphatic rings. The summed E-state index contributed by atoms with van der Waals surface area (Å²) in [7, 11) is 0. The predicted molar refractivity (Wildman–Crippen MR) is 96.1 cm³/mol. The van der Waals surface area contributed by atoms with Gasteiger partial charge in [0.25, 0.3) is 0 Å². The van der Waals surface area contributed by atoms with E-state index in [1.54, 1.807) is 0 Å². The minimum absolute atomic E-state index is 0.293. The van der Waals surface area contributed by atoms with E-state index >= 15 is 0 Å². The summed E-state index contributed by atoms with van der Waals surface area (Å²) in [5.74, 6) is 0.841. The molecule has 0 aliphatic heterocycles. The maximum atomic E-state index is 12.8. The van der Waals surface area contributed by atoms with Gasteiger partial charge in [0.05, 0.1) is 0 Å². The van der Waals surface area contributed by atoms with E-state index in [1.165, 1.54) is 46.3 Å². The van der Waals surface area contributed by atoms with Gasteiger partial charge in [-0.15, -0.1) is 0 Å². The Morgan fingerprint density at radius 2 is 2.00 bits per heavy atom. The van der Waals surface area contributed by atoms with Crippen LogP contribution >= 0.6 is 0 Å². The van der Waals surface area contributed by atoms with E-state index in [1.807, 2.05) is 6.92 Å². The second kappa shape index (κ2) is 5.33. The van der Waals surface area contributed by atoms with E-state index in [0.29, 0.717) is 11.7 Å². The molecule has 0 aromatic heterocycles. The number of hydrogen-bond acceptors (Lipinski definition) is 1. The van der Waals surface area contributed by atoms with Crippen molar-refractivity contribution in [3.63, 3.8) is 0 Å². The molecule has 3 aliphatic carbocycles. The van der Waals surface area contributed by atoms with Gasteiger partial charge in [-0.2, -0.15) is 0 Å². The molecule has 1 atom stereocenters. The summed E-state index contributed by atoms with van der Waals surface area (Å²) in [5.41, 5.74) is 10.1. The fourth-order valence-corrected chi connectivity index (χ4v) is 4.49. The summed E-state index contributed by atoms with van der Waals surface area (Å²) in [6.45, 7) is 6.52. The van der Waals surface area contributed by atoms with Crippen LogP contribution in [-0.2, 0) is 11.2 Å². The van der Waals surface area contributed by atoms with Crippen molar-refractivity contribution in [2.45, 2.75) is 52.9 Å². The zero-order chi connectivity index (χ0) is 16.1. The highest BCUT2D eigenvalue weighted by Gasteiger charge is 2.40. The number of carbonyl (C=O) groups excluding carboxylic acids is 1. The van der Waals surface area contributed by atoms with Crippen LogP contribution in [0.15, 0.2) is 41.0 Å². The van der Waals surface area contributed by atoms with Gasteiger partial charge < -0.3 is 0 Å². The van der Waals surface area contributed by atoms with Gasteiger partial charge in [0, 0.05) is 11.1 Å². The molecular weight excluding hydrogens is 280 g/mol. The number of hydrogen-bond donors (Lipinski definition) is 0. The molecule has 0 amide bonds. The van der Waals surface area contributed by atoms with Crippen molar-refractivity contribution < 1.29 is 4.79 Å². The van der Waals surface area contributed by atoms with Crippen LogP contribution < -0.4 is 0 Å².